The second kappa shape index (κ2) is 3.26. The monoisotopic (exact) mass is 243 g/mol. The lowest BCUT2D eigenvalue weighted by molar-refractivity contribution is 0.454. The number of aryl methyl sites for hydroxylation is 2. The first-order valence-corrected chi connectivity index (χ1v) is 6.57. The number of aromatic nitrogens is 2. The van der Waals surface area contributed by atoms with Crippen LogP contribution >= 0.6 is 0 Å². The summed E-state index contributed by atoms with van der Waals surface area (Å²) in [6.45, 7) is 2.16. The normalized spacial score (nSPS) is 25.7. The third-order valence-electron chi connectivity index (χ3n) is 4.71. The topological polar surface area (TPSA) is 39.0 Å². The highest BCUT2D eigenvalue weighted by atomic mass is 16.1. The maximum absolute atomic E-state index is 12.0. The number of fused-ring (bicyclic) bond motifs is 6. The Hall–Kier alpha value is -1.55. The molecule has 4 nitrogen and oxygen atoms in total. The van der Waals surface area contributed by atoms with Crippen LogP contribution in [0.15, 0.2) is 16.9 Å². The molecule has 0 saturated carbocycles. The lowest BCUT2D eigenvalue weighted by Crippen LogP contribution is -2.28. The first-order valence-electron chi connectivity index (χ1n) is 6.57. The zero-order chi connectivity index (χ0) is 12.4. The fourth-order valence-electron chi connectivity index (χ4n) is 3.70. The van der Waals surface area contributed by atoms with Crippen LogP contribution in [0.2, 0.25) is 0 Å². The zero-order valence-corrected chi connectivity index (χ0v) is 10.7. The van der Waals surface area contributed by atoms with E-state index in [9.17, 15) is 4.79 Å². The summed E-state index contributed by atoms with van der Waals surface area (Å²) in [4.78, 5) is 12.0. The summed E-state index contributed by atoms with van der Waals surface area (Å²) in [5.74, 6) is 1.27. The first-order chi connectivity index (χ1) is 8.66. The highest BCUT2D eigenvalue weighted by Gasteiger charge is 2.34. The predicted molar refractivity (Wildman–Crippen MR) is 71.1 cm³/mol. The molecule has 18 heavy (non-hydrogen) atoms. The van der Waals surface area contributed by atoms with Gasteiger partial charge in [0.15, 0.2) is 0 Å². The third-order valence-corrected chi connectivity index (χ3v) is 4.71. The molecule has 0 radical (unpaired) electrons. The fourth-order valence-corrected chi connectivity index (χ4v) is 3.70. The highest BCUT2D eigenvalue weighted by Crippen LogP contribution is 2.44. The Bertz CT molecular complexity index is 654. The van der Waals surface area contributed by atoms with Crippen molar-refractivity contribution in [1.29, 1.82) is 0 Å². The summed E-state index contributed by atoms with van der Waals surface area (Å²) in [7, 11) is 3.72. The van der Waals surface area contributed by atoms with Gasteiger partial charge in [-0.2, -0.15) is 0 Å². The summed E-state index contributed by atoms with van der Waals surface area (Å²) in [5.41, 5.74) is 5.11. The van der Waals surface area contributed by atoms with Gasteiger partial charge >= 0.3 is 5.69 Å². The van der Waals surface area contributed by atoms with E-state index in [-0.39, 0.29) is 5.69 Å². The predicted octanol–water partition coefficient (Wildman–Crippen LogP) is 1.05. The molecule has 94 valence electrons. The molecule has 2 bridgehead atoms. The molecule has 4 rings (SSSR count). The first kappa shape index (κ1) is 10.4. The van der Waals surface area contributed by atoms with Gasteiger partial charge in [-0.15, -0.1) is 0 Å². The van der Waals surface area contributed by atoms with Crippen molar-refractivity contribution in [2.75, 3.05) is 13.1 Å². The molecule has 1 fully saturated rings. The molecule has 1 aromatic heterocycles. The van der Waals surface area contributed by atoms with Gasteiger partial charge in [0, 0.05) is 27.2 Å². The van der Waals surface area contributed by atoms with E-state index in [1.165, 1.54) is 17.5 Å². The summed E-state index contributed by atoms with van der Waals surface area (Å²) in [6, 6.07) is 4.48. The van der Waals surface area contributed by atoms with Gasteiger partial charge in [-0.3, -0.25) is 9.13 Å². The Labute approximate surface area is 105 Å². The summed E-state index contributed by atoms with van der Waals surface area (Å²) in [6.07, 6.45) is 1.27. The van der Waals surface area contributed by atoms with Gasteiger partial charge in [-0.25, -0.2) is 4.79 Å². The molecule has 2 heterocycles. The van der Waals surface area contributed by atoms with E-state index in [1.54, 1.807) is 9.13 Å². The molecule has 1 N–H and O–H groups in total. The molecule has 2 unspecified atom stereocenters. The molecule has 1 aliphatic heterocycles. The molecular weight excluding hydrogens is 226 g/mol. The Morgan fingerprint density at radius 1 is 1.06 bits per heavy atom. The second-order valence-electron chi connectivity index (χ2n) is 5.66. The van der Waals surface area contributed by atoms with E-state index in [0.29, 0.717) is 11.8 Å². The average Bonchev–Trinajstić information content (AvgIpc) is 2.77. The van der Waals surface area contributed by atoms with Gasteiger partial charge in [0.2, 0.25) is 0 Å². The van der Waals surface area contributed by atoms with Crippen LogP contribution in [0.25, 0.3) is 11.0 Å². The molecule has 2 atom stereocenters. The molecule has 4 heteroatoms. The van der Waals surface area contributed by atoms with E-state index in [4.69, 9.17) is 0 Å². The standard InChI is InChI=1S/C14H17N3O/c1-16-12-4-10-8-3-9(7-15-6-8)11(10)5-13(12)17(2)14(16)18/h4-5,8-9,15H,3,6-7H2,1-2H3. The molecule has 2 aromatic rings. The van der Waals surface area contributed by atoms with Crippen LogP contribution in [-0.4, -0.2) is 22.2 Å². The summed E-state index contributed by atoms with van der Waals surface area (Å²) >= 11 is 0. The van der Waals surface area contributed by atoms with E-state index >= 15 is 0 Å². The van der Waals surface area contributed by atoms with Crippen LogP contribution < -0.4 is 11.0 Å². The van der Waals surface area contributed by atoms with E-state index in [0.717, 1.165) is 24.1 Å². The Morgan fingerprint density at radius 3 is 2.06 bits per heavy atom. The van der Waals surface area contributed by atoms with Crippen molar-refractivity contribution in [3.8, 4) is 0 Å². The van der Waals surface area contributed by atoms with Gasteiger partial charge in [0.1, 0.15) is 0 Å². The van der Waals surface area contributed by atoms with Crippen molar-refractivity contribution < 1.29 is 0 Å². The SMILES string of the molecule is Cn1c(=O)n(C)c2cc3c(cc21)C1CNCC3C1. The maximum Gasteiger partial charge on any atom is 0.328 e. The minimum atomic E-state index is 0.0666. The van der Waals surface area contributed by atoms with E-state index in [2.05, 4.69) is 17.4 Å². The zero-order valence-electron chi connectivity index (χ0n) is 10.7. The van der Waals surface area contributed by atoms with E-state index < -0.39 is 0 Å². The minimum Gasteiger partial charge on any atom is -0.316 e. The number of nitrogens with one attached hydrogen (secondary N) is 1. The van der Waals surface area contributed by atoms with Crippen LogP contribution in [0, 0.1) is 0 Å². The molecule has 2 aliphatic rings. The van der Waals surface area contributed by atoms with Crippen molar-refractivity contribution >= 4 is 11.0 Å². The smallest absolute Gasteiger partial charge is 0.316 e. The van der Waals surface area contributed by atoms with Crippen LogP contribution in [0.4, 0.5) is 0 Å². The average molecular weight is 243 g/mol. The van der Waals surface area contributed by atoms with Crippen LogP contribution in [0.1, 0.15) is 29.4 Å². The van der Waals surface area contributed by atoms with Gasteiger partial charge in [-0.1, -0.05) is 0 Å². The van der Waals surface area contributed by atoms with Crippen molar-refractivity contribution in [2.45, 2.75) is 18.3 Å². The number of rotatable bonds is 0. The molecule has 1 aliphatic carbocycles. The van der Waals surface area contributed by atoms with Gasteiger partial charge in [0.05, 0.1) is 11.0 Å². The van der Waals surface area contributed by atoms with Crippen molar-refractivity contribution in [3.05, 3.63) is 33.7 Å². The van der Waals surface area contributed by atoms with E-state index in [1.807, 2.05) is 14.1 Å². The van der Waals surface area contributed by atoms with Crippen molar-refractivity contribution in [1.82, 2.24) is 14.5 Å². The number of hydrogen-bond donors (Lipinski definition) is 1. The highest BCUT2D eigenvalue weighted by molar-refractivity contribution is 5.79. The Morgan fingerprint density at radius 2 is 1.56 bits per heavy atom. The van der Waals surface area contributed by atoms with Gasteiger partial charge in [0.25, 0.3) is 0 Å². The number of nitrogens with zero attached hydrogens (tertiary/aromatic N) is 2. The second-order valence-corrected chi connectivity index (χ2v) is 5.66. The summed E-state index contributed by atoms with van der Waals surface area (Å²) in [5, 5.41) is 3.51. The Balaban J connectivity index is 2.08. The number of benzene rings is 1. The summed E-state index contributed by atoms with van der Waals surface area (Å²) < 4.78 is 3.51. The van der Waals surface area contributed by atoms with Gasteiger partial charge in [-0.05, 0) is 41.5 Å². The fraction of sp³-hybridized carbons (Fsp3) is 0.500. The van der Waals surface area contributed by atoms with Crippen LogP contribution in [0.5, 0.6) is 0 Å². The third kappa shape index (κ3) is 1.11. The molecule has 0 spiro atoms. The number of imidazole rings is 1. The molecule has 0 amide bonds. The van der Waals surface area contributed by atoms with Crippen LogP contribution in [-0.2, 0) is 14.1 Å². The van der Waals surface area contributed by atoms with Crippen molar-refractivity contribution in [3.63, 3.8) is 0 Å². The lowest BCUT2D eigenvalue weighted by atomic mass is 9.98. The minimum absolute atomic E-state index is 0.0666. The number of hydrogen-bond acceptors (Lipinski definition) is 2. The van der Waals surface area contributed by atoms with Crippen LogP contribution in [0.3, 0.4) is 0 Å². The molecule has 1 aromatic carbocycles. The lowest BCUT2D eigenvalue weighted by Gasteiger charge is -2.19. The largest absolute Gasteiger partial charge is 0.328 e. The van der Waals surface area contributed by atoms with Gasteiger partial charge < -0.3 is 5.32 Å². The Kier molecular flexibility index (Phi) is 1.88. The maximum atomic E-state index is 12.0. The number of piperidine rings is 1. The molecule has 1 saturated heterocycles. The quantitative estimate of drug-likeness (QED) is 0.751. The molecular formula is C14H17N3O. The van der Waals surface area contributed by atoms with Crippen molar-refractivity contribution in [2.24, 2.45) is 14.1 Å².